The van der Waals surface area contributed by atoms with E-state index in [0.29, 0.717) is 44.6 Å². The molecule has 4 aliphatic rings. The van der Waals surface area contributed by atoms with Gasteiger partial charge in [-0.3, -0.25) is 28.8 Å². The molecule has 14 heteroatoms. The van der Waals surface area contributed by atoms with Crippen molar-refractivity contribution in [2.45, 2.75) is 82.5 Å². The lowest BCUT2D eigenvalue weighted by atomic mass is 9.93. The molecular formula is C40H52N6O8. The summed E-state index contributed by atoms with van der Waals surface area (Å²) in [6, 6.07) is 13.6. The molecule has 0 unspecified atom stereocenters. The van der Waals surface area contributed by atoms with E-state index in [0.717, 1.165) is 24.0 Å². The first-order chi connectivity index (χ1) is 26.0. The van der Waals surface area contributed by atoms with Crippen LogP contribution in [0, 0.1) is 11.8 Å². The summed E-state index contributed by atoms with van der Waals surface area (Å²) in [7, 11) is 0. The van der Waals surface area contributed by atoms with Gasteiger partial charge in [-0.2, -0.15) is 0 Å². The average molecular weight is 745 g/mol. The summed E-state index contributed by atoms with van der Waals surface area (Å²) < 4.78 is 5.86. The van der Waals surface area contributed by atoms with Crippen LogP contribution < -0.4 is 20.7 Å². The Labute approximate surface area is 315 Å². The number of fused-ring (bicyclic) bond motifs is 4. The molecule has 0 aromatic heterocycles. The predicted octanol–water partition coefficient (Wildman–Crippen LogP) is 0.970. The van der Waals surface area contributed by atoms with Gasteiger partial charge in [0.2, 0.25) is 29.5 Å². The number of nitrogens with one attached hydrogen (secondary N) is 3. The third-order valence-corrected chi connectivity index (χ3v) is 10.9. The summed E-state index contributed by atoms with van der Waals surface area (Å²) in [5, 5.41) is 19.2. The van der Waals surface area contributed by atoms with E-state index in [2.05, 4.69) is 16.0 Å². The zero-order valence-electron chi connectivity index (χ0n) is 31.1. The van der Waals surface area contributed by atoms with E-state index in [1.54, 1.807) is 28.0 Å². The fourth-order valence-electron chi connectivity index (χ4n) is 7.71. The molecule has 3 heterocycles. The van der Waals surface area contributed by atoms with Gasteiger partial charge >= 0.3 is 0 Å². The van der Waals surface area contributed by atoms with Crippen molar-refractivity contribution < 1.29 is 38.6 Å². The Hall–Kier alpha value is -4.98. The fourth-order valence-corrected chi connectivity index (χ4v) is 7.71. The maximum atomic E-state index is 14.3. The first-order valence-electron chi connectivity index (χ1n) is 19.2. The molecule has 290 valence electrons. The Kier molecular flexibility index (Phi) is 12.5. The lowest BCUT2D eigenvalue weighted by Gasteiger charge is -2.33. The van der Waals surface area contributed by atoms with Crippen LogP contribution in [0.3, 0.4) is 0 Å². The number of amides is 6. The SMILES string of the molecule is CCC(=O)N1CCC(C(=O)N2C[C@@H]3NC(=O)[C@H](Cc4ccccc4)NC(=O)CN(CC4CC4)C(=O)[C@H]([C@@H](C)O)NC(=O)COc4cccc(c4)[C@H]3C2)CC1. The maximum Gasteiger partial charge on any atom is 0.258 e. The molecule has 14 nitrogen and oxygen atoms in total. The van der Waals surface area contributed by atoms with E-state index < -0.39 is 54.5 Å². The van der Waals surface area contributed by atoms with Gasteiger partial charge in [-0.05, 0) is 61.8 Å². The van der Waals surface area contributed by atoms with Gasteiger partial charge in [0.15, 0.2) is 6.61 Å². The Morgan fingerprint density at radius 3 is 2.31 bits per heavy atom. The van der Waals surface area contributed by atoms with Crippen LogP contribution in [0.2, 0.25) is 0 Å². The molecule has 3 fully saturated rings. The van der Waals surface area contributed by atoms with E-state index in [9.17, 15) is 33.9 Å². The van der Waals surface area contributed by atoms with E-state index in [1.807, 2.05) is 43.3 Å². The number of likely N-dealkylation sites (tertiary alicyclic amines) is 2. The molecule has 2 aromatic rings. The van der Waals surface area contributed by atoms with E-state index >= 15 is 0 Å². The molecule has 5 atom stereocenters. The second-order valence-corrected chi connectivity index (χ2v) is 15.1. The quantitative estimate of drug-likeness (QED) is 0.324. The molecule has 54 heavy (non-hydrogen) atoms. The smallest absolute Gasteiger partial charge is 0.258 e. The van der Waals surface area contributed by atoms with Crippen molar-refractivity contribution >= 4 is 35.4 Å². The summed E-state index contributed by atoms with van der Waals surface area (Å²) in [4.78, 5) is 86.1. The van der Waals surface area contributed by atoms with Gasteiger partial charge < -0.3 is 40.5 Å². The minimum absolute atomic E-state index is 0.0231. The normalized spacial score (nSPS) is 25.4. The number of hydrogen-bond donors (Lipinski definition) is 4. The Morgan fingerprint density at radius 2 is 1.63 bits per heavy atom. The fraction of sp³-hybridized carbons (Fsp3) is 0.550. The summed E-state index contributed by atoms with van der Waals surface area (Å²) in [5.41, 5.74) is 1.61. The molecule has 2 aromatic carbocycles. The molecule has 6 amide bonds. The van der Waals surface area contributed by atoms with Gasteiger partial charge in [0.25, 0.3) is 5.91 Å². The Bertz CT molecular complexity index is 1690. The van der Waals surface area contributed by atoms with Crippen molar-refractivity contribution in [3.63, 3.8) is 0 Å². The number of rotatable bonds is 7. The number of carbonyl (C=O) groups excluding carboxylic acids is 6. The van der Waals surface area contributed by atoms with Crippen LogP contribution in [0.1, 0.15) is 63.0 Å². The number of piperidine rings is 1. The lowest BCUT2D eigenvalue weighted by Crippen LogP contribution is -2.58. The summed E-state index contributed by atoms with van der Waals surface area (Å²) in [5.74, 6) is -2.15. The molecule has 2 bridgehead atoms. The summed E-state index contributed by atoms with van der Waals surface area (Å²) in [6.45, 7) is 4.31. The molecule has 0 spiro atoms. The van der Waals surface area contributed by atoms with Gasteiger partial charge in [-0.1, -0.05) is 49.4 Å². The highest BCUT2D eigenvalue weighted by Gasteiger charge is 2.41. The van der Waals surface area contributed by atoms with Crippen molar-refractivity contribution in [2.24, 2.45) is 11.8 Å². The monoisotopic (exact) mass is 744 g/mol. The van der Waals surface area contributed by atoms with Crippen molar-refractivity contribution in [2.75, 3.05) is 45.9 Å². The van der Waals surface area contributed by atoms with Crippen LogP contribution in [-0.4, -0.2) is 125 Å². The number of ether oxygens (including phenoxy) is 1. The number of aliphatic hydroxyl groups excluding tert-OH is 1. The lowest BCUT2D eigenvalue weighted by molar-refractivity contribution is -0.143. The van der Waals surface area contributed by atoms with Crippen LogP contribution >= 0.6 is 0 Å². The van der Waals surface area contributed by atoms with Gasteiger partial charge in [-0.25, -0.2) is 0 Å². The average Bonchev–Trinajstić information content (AvgIpc) is 3.90. The highest BCUT2D eigenvalue weighted by molar-refractivity contribution is 5.93. The minimum Gasteiger partial charge on any atom is -0.484 e. The third-order valence-electron chi connectivity index (χ3n) is 10.9. The van der Waals surface area contributed by atoms with E-state index in [-0.39, 0.29) is 55.6 Å². The van der Waals surface area contributed by atoms with Gasteiger partial charge in [-0.15, -0.1) is 0 Å². The van der Waals surface area contributed by atoms with Crippen molar-refractivity contribution in [3.8, 4) is 5.75 Å². The minimum atomic E-state index is -1.32. The standard InChI is InChI=1S/C40H52N6O8/c1-3-36(50)44-16-14-28(15-17-44)39(52)46-21-31-29-10-7-11-30(19-29)54-24-35(49)43-37(25(2)47)40(53)45(20-27-12-13-27)23-34(48)41-32(38(51)42-33(31)22-46)18-26-8-5-4-6-9-26/h4-11,19,25,27-28,31-33,37,47H,3,12-18,20-24H2,1-2H3,(H,41,48)(H,42,51)(H,43,49)/t25-,31-,32+,33+,37+/m1/s1. The van der Waals surface area contributed by atoms with Gasteiger partial charge in [0.1, 0.15) is 17.8 Å². The van der Waals surface area contributed by atoms with Crippen LogP contribution in [0.15, 0.2) is 54.6 Å². The highest BCUT2D eigenvalue weighted by Crippen LogP contribution is 2.33. The molecule has 0 radical (unpaired) electrons. The molecular weight excluding hydrogens is 692 g/mol. The van der Waals surface area contributed by atoms with Crippen LogP contribution in [0.4, 0.5) is 0 Å². The summed E-state index contributed by atoms with van der Waals surface area (Å²) in [6.07, 6.45) is 2.26. The molecule has 1 saturated carbocycles. The molecule has 6 rings (SSSR count). The molecule has 1 aliphatic carbocycles. The number of carbonyl (C=O) groups is 6. The second kappa shape index (κ2) is 17.4. The Morgan fingerprint density at radius 1 is 0.889 bits per heavy atom. The second-order valence-electron chi connectivity index (χ2n) is 15.1. The van der Waals surface area contributed by atoms with Crippen LogP contribution in [0.25, 0.3) is 0 Å². The zero-order chi connectivity index (χ0) is 38.4. The number of benzene rings is 2. The number of hydrogen-bond acceptors (Lipinski definition) is 8. The summed E-state index contributed by atoms with van der Waals surface area (Å²) >= 11 is 0. The number of aliphatic hydroxyl groups is 1. The van der Waals surface area contributed by atoms with Crippen LogP contribution in [-0.2, 0) is 35.2 Å². The molecule has 2 saturated heterocycles. The van der Waals surface area contributed by atoms with Crippen molar-refractivity contribution in [1.29, 1.82) is 0 Å². The van der Waals surface area contributed by atoms with Crippen molar-refractivity contribution in [1.82, 2.24) is 30.7 Å². The topological polar surface area (TPSA) is 178 Å². The molecule has 4 N–H and O–H groups in total. The molecule has 3 aliphatic heterocycles. The van der Waals surface area contributed by atoms with Crippen molar-refractivity contribution in [3.05, 3.63) is 65.7 Å². The maximum absolute atomic E-state index is 14.3. The first kappa shape index (κ1) is 38.7. The predicted molar refractivity (Wildman–Crippen MR) is 198 cm³/mol. The highest BCUT2D eigenvalue weighted by atomic mass is 16.5. The van der Waals surface area contributed by atoms with E-state index in [4.69, 9.17) is 4.74 Å². The van der Waals surface area contributed by atoms with Crippen LogP contribution in [0.5, 0.6) is 5.75 Å². The Balaban J connectivity index is 1.29. The number of nitrogens with zero attached hydrogens (tertiary/aromatic N) is 3. The first-order valence-corrected chi connectivity index (χ1v) is 19.2. The third kappa shape index (κ3) is 9.76. The largest absolute Gasteiger partial charge is 0.484 e. The van der Waals surface area contributed by atoms with Gasteiger partial charge in [0.05, 0.1) is 18.7 Å². The zero-order valence-corrected chi connectivity index (χ0v) is 31.1. The van der Waals surface area contributed by atoms with Gasteiger partial charge in [0, 0.05) is 57.4 Å². The van der Waals surface area contributed by atoms with E-state index in [1.165, 1.54) is 11.8 Å².